The number of aliphatic carboxylic acids is 1. The van der Waals surface area contributed by atoms with E-state index in [9.17, 15) is 14.7 Å². The first-order valence-electron chi connectivity index (χ1n) is 8.24. The third-order valence-electron chi connectivity index (χ3n) is 4.54. The summed E-state index contributed by atoms with van der Waals surface area (Å²) >= 11 is 1.52. The van der Waals surface area contributed by atoms with Gasteiger partial charge < -0.3 is 10.0 Å². The molecule has 0 fully saturated rings. The number of carbonyl (C=O) groups excluding carboxylic acids is 1. The molecule has 2 aromatic rings. The van der Waals surface area contributed by atoms with Gasteiger partial charge in [-0.1, -0.05) is 42.0 Å². The number of carboxylic acid groups (broad SMARTS) is 1. The zero-order valence-electron chi connectivity index (χ0n) is 14.4. The normalized spacial score (nSPS) is 16.4. The SMILES string of the molecule is Cc1ccc(C)c(SCC(=O)N2Cc3ccccc3C(C(=O)O)C2)c1. The molecule has 0 aromatic heterocycles. The molecule has 0 saturated carbocycles. The lowest BCUT2D eigenvalue weighted by atomic mass is 9.90. The van der Waals surface area contributed by atoms with Crippen molar-refractivity contribution in [2.45, 2.75) is 31.2 Å². The average Bonchev–Trinajstić information content (AvgIpc) is 2.61. The summed E-state index contributed by atoms with van der Waals surface area (Å²) in [6, 6.07) is 13.7. The van der Waals surface area contributed by atoms with E-state index in [0.29, 0.717) is 12.3 Å². The average molecular weight is 355 g/mol. The quantitative estimate of drug-likeness (QED) is 0.851. The van der Waals surface area contributed by atoms with Crippen molar-refractivity contribution in [2.75, 3.05) is 12.3 Å². The van der Waals surface area contributed by atoms with Crippen molar-refractivity contribution in [3.8, 4) is 0 Å². The van der Waals surface area contributed by atoms with Gasteiger partial charge in [0.25, 0.3) is 0 Å². The number of carbonyl (C=O) groups is 2. The molecule has 1 atom stereocenters. The molecule has 1 aliphatic rings. The Morgan fingerprint density at radius 2 is 1.96 bits per heavy atom. The van der Waals surface area contributed by atoms with E-state index in [1.54, 1.807) is 4.90 Å². The van der Waals surface area contributed by atoms with Crippen LogP contribution in [-0.4, -0.2) is 34.2 Å². The van der Waals surface area contributed by atoms with E-state index in [0.717, 1.165) is 21.6 Å². The maximum absolute atomic E-state index is 12.7. The lowest BCUT2D eigenvalue weighted by Gasteiger charge is -2.32. The lowest BCUT2D eigenvalue weighted by Crippen LogP contribution is -2.41. The van der Waals surface area contributed by atoms with E-state index < -0.39 is 11.9 Å². The molecule has 1 unspecified atom stereocenters. The third-order valence-corrected chi connectivity index (χ3v) is 5.68. The van der Waals surface area contributed by atoms with E-state index in [1.165, 1.54) is 17.3 Å². The zero-order chi connectivity index (χ0) is 18.0. The molecule has 4 nitrogen and oxygen atoms in total. The monoisotopic (exact) mass is 355 g/mol. The molecule has 1 N–H and O–H groups in total. The van der Waals surface area contributed by atoms with E-state index in [1.807, 2.05) is 38.1 Å². The second-order valence-corrected chi connectivity index (χ2v) is 7.44. The standard InChI is InChI=1S/C20H21NO3S/c1-13-7-8-14(2)18(9-13)25-12-19(22)21-10-15-5-3-4-6-16(15)17(11-21)20(23)24/h3-9,17H,10-12H2,1-2H3,(H,23,24). The van der Waals surface area contributed by atoms with Crippen molar-refractivity contribution in [1.29, 1.82) is 0 Å². The summed E-state index contributed by atoms with van der Waals surface area (Å²) in [5.74, 6) is -1.24. The van der Waals surface area contributed by atoms with Gasteiger partial charge in [0.05, 0.1) is 11.7 Å². The summed E-state index contributed by atoms with van der Waals surface area (Å²) in [7, 11) is 0. The van der Waals surface area contributed by atoms with E-state index in [4.69, 9.17) is 0 Å². The van der Waals surface area contributed by atoms with Gasteiger partial charge >= 0.3 is 5.97 Å². The number of amides is 1. The number of benzene rings is 2. The smallest absolute Gasteiger partial charge is 0.312 e. The predicted molar refractivity (Wildman–Crippen MR) is 98.9 cm³/mol. The molecule has 0 aliphatic carbocycles. The molecular formula is C20H21NO3S. The van der Waals surface area contributed by atoms with Crippen molar-refractivity contribution < 1.29 is 14.7 Å². The van der Waals surface area contributed by atoms with Gasteiger partial charge in [0.15, 0.2) is 0 Å². The number of fused-ring (bicyclic) bond motifs is 1. The van der Waals surface area contributed by atoms with Gasteiger partial charge in [-0.05, 0) is 36.6 Å². The van der Waals surface area contributed by atoms with Crippen LogP contribution in [0.25, 0.3) is 0 Å². The minimum atomic E-state index is -0.882. The highest BCUT2D eigenvalue weighted by Gasteiger charge is 2.32. The first kappa shape index (κ1) is 17.5. The summed E-state index contributed by atoms with van der Waals surface area (Å²) in [6.07, 6.45) is 0. The molecule has 5 heteroatoms. The number of hydrogen-bond donors (Lipinski definition) is 1. The Morgan fingerprint density at radius 1 is 1.20 bits per heavy atom. The van der Waals surface area contributed by atoms with Crippen molar-refractivity contribution in [3.63, 3.8) is 0 Å². The van der Waals surface area contributed by atoms with Crippen LogP contribution in [0.5, 0.6) is 0 Å². The van der Waals surface area contributed by atoms with Gasteiger partial charge in [-0.3, -0.25) is 9.59 Å². The topological polar surface area (TPSA) is 57.6 Å². The first-order chi connectivity index (χ1) is 12.0. The molecular weight excluding hydrogens is 334 g/mol. The van der Waals surface area contributed by atoms with Crippen molar-refractivity contribution in [1.82, 2.24) is 4.90 Å². The zero-order valence-corrected chi connectivity index (χ0v) is 15.2. The summed E-state index contributed by atoms with van der Waals surface area (Å²) in [5, 5.41) is 9.52. The maximum Gasteiger partial charge on any atom is 0.312 e. The lowest BCUT2D eigenvalue weighted by molar-refractivity contribution is -0.140. The second kappa shape index (κ2) is 7.31. The second-order valence-electron chi connectivity index (χ2n) is 6.42. The first-order valence-corrected chi connectivity index (χ1v) is 9.22. The largest absolute Gasteiger partial charge is 0.481 e. The third kappa shape index (κ3) is 3.87. The van der Waals surface area contributed by atoms with Crippen LogP contribution in [0.4, 0.5) is 0 Å². The Bertz CT molecular complexity index is 818. The van der Waals surface area contributed by atoms with Crippen LogP contribution < -0.4 is 0 Å². The van der Waals surface area contributed by atoms with Gasteiger partial charge in [-0.2, -0.15) is 0 Å². The molecule has 130 valence electrons. The summed E-state index contributed by atoms with van der Waals surface area (Å²) in [5.41, 5.74) is 4.06. The Morgan fingerprint density at radius 3 is 2.72 bits per heavy atom. The molecule has 0 spiro atoms. The minimum absolute atomic E-state index is 0.0216. The number of aryl methyl sites for hydroxylation is 2. The van der Waals surface area contributed by atoms with Crippen LogP contribution in [0, 0.1) is 13.8 Å². The van der Waals surface area contributed by atoms with Crippen LogP contribution in [0.2, 0.25) is 0 Å². The van der Waals surface area contributed by atoms with Crippen molar-refractivity contribution >= 4 is 23.6 Å². The number of carboxylic acids is 1. The predicted octanol–water partition coefficient (Wildman–Crippen LogP) is 3.61. The van der Waals surface area contributed by atoms with Gasteiger partial charge in [0.1, 0.15) is 0 Å². The molecule has 3 rings (SSSR count). The number of nitrogens with zero attached hydrogens (tertiary/aromatic N) is 1. The molecule has 1 heterocycles. The van der Waals surface area contributed by atoms with Crippen LogP contribution >= 0.6 is 11.8 Å². The summed E-state index contributed by atoms with van der Waals surface area (Å²) < 4.78 is 0. The number of thioether (sulfide) groups is 1. The Kier molecular flexibility index (Phi) is 5.13. The van der Waals surface area contributed by atoms with E-state index >= 15 is 0 Å². The fourth-order valence-electron chi connectivity index (χ4n) is 3.10. The molecule has 25 heavy (non-hydrogen) atoms. The molecule has 0 saturated heterocycles. The van der Waals surface area contributed by atoms with Crippen molar-refractivity contribution in [2.24, 2.45) is 0 Å². The minimum Gasteiger partial charge on any atom is -0.481 e. The van der Waals surface area contributed by atoms with Crippen molar-refractivity contribution in [3.05, 3.63) is 64.7 Å². The van der Waals surface area contributed by atoms with Crippen LogP contribution in [0.1, 0.15) is 28.2 Å². The molecule has 2 aromatic carbocycles. The van der Waals surface area contributed by atoms with Gasteiger partial charge in [0, 0.05) is 18.0 Å². The van der Waals surface area contributed by atoms with Gasteiger partial charge in [0.2, 0.25) is 5.91 Å². The summed E-state index contributed by atoms with van der Waals surface area (Å²) in [6.45, 7) is 4.78. The fraction of sp³-hybridized carbons (Fsp3) is 0.300. The van der Waals surface area contributed by atoms with Gasteiger partial charge in [-0.25, -0.2) is 0 Å². The Balaban J connectivity index is 1.73. The fourth-order valence-corrected chi connectivity index (χ4v) is 4.13. The molecule has 1 amide bonds. The Labute approximate surface area is 151 Å². The number of hydrogen-bond acceptors (Lipinski definition) is 3. The highest BCUT2D eigenvalue weighted by Crippen LogP contribution is 2.30. The highest BCUT2D eigenvalue weighted by molar-refractivity contribution is 8.00. The van der Waals surface area contributed by atoms with Gasteiger partial charge in [-0.15, -0.1) is 11.8 Å². The molecule has 0 radical (unpaired) electrons. The Hall–Kier alpha value is -2.27. The van der Waals surface area contributed by atoms with Crippen LogP contribution in [-0.2, 0) is 16.1 Å². The van der Waals surface area contributed by atoms with Crippen LogP contribution in [0.3, 0.4) is 0 Å². The maximum atomic E-state index is 12.7. The van der Waals surface area contributed by atoms with E-state index in [-0.39, 0.29) is 12.5 Å². The molecule has 1 aliphatic heterocycles. The molecule has 0 bridgehead atoms. The van der Waals surface area contributed by atoms with Crippen LogP contribution in [0.15, 0.2) is 47.4 Å². The summed E-state index contributed by atoms with van der Waals surface area (Å²) in [4.78, 5) is 27.0. The number of rotatable bonds is 4. The highest BCUT2D eigenvalue weighted by atomic mass is 32.2. The van der Waals surface area contributed by atoms with E-state index in [2.05, 4.69) is 18.2 Å².